The van der Waals surface area contributed by atoms with Crippen molar-refractivity contribution >= 4 is 28.6 Å². The van der Waals surface area contributed by atoms with Crippen molar-refractivity contribution in [2.24, 2.45) is 5.92 Å². The molecule has 1 aliphatic heterocycles. The lowest BCUT2D eigenvalue weighted by Crippen LogP contribution is -2.40. The number of nitrogens with one attached hydrogen (secondary N) is 1. The number of rotatable bonds is 1. The smallest absolute Gasteiger partial charge is 0.203 e. The largest absolute Gasteiger partial charge is 0.341 e. The maximum atomic E-state index is 6.33. The van der Waals surface area contributed by atoms with Crippen LogP contribution in [0, 0.1) is 5.92 Å². The highest BCUT2D eigenvalue weighted by atomic mass is 35.5. The van der Waals surface area contributed by atoms with Gasteiger partial charge >= 0.3 is 0 Å². The Bertz CT molecular complexity index is 489. The lowest BCUT2D eigenvalue weighted by molar-refractivity contribution is 0.442. The van der Waals surface area contributed by atoms with Crippen LogP contribution in [0.1, 0.15) is 13.3 Å². The van der Waals surface area contributed by atoms with Gasteiger partial charge in [0, 0.05) is 13.1 Å². The summed E-state index contributed by atoms with van der Waals surface area (Å²) in [4.78, 5) is 10.2. The Labute approximate surface area is 106 Å². The Morgan fingerprint density at radius 2 is 2.24 bits per heavy atom. The van der Waals surface area contributed by atoms with Crippen LogP contribution in [-0.2, 0) is 0 Å². The van der Waals surface area contributed by atoms with Crippen molar-refractivity contribution in [3.05, 3.63) is 24.3 Å². The monoisotopic (exact) mass is 249 g/mol. The third-order valence-electron chi connectivity index (χ3n) is 3.54. The summed E-state index contributed by atoms with van der Waals surface area (Å²) in [6.45, 7) is 4.13. The summed E-state index contributed by atoms with van der Waals surface area (Å²) < 4.78 is 0. The summed E-state index contributed by atoms with van der Waals surface area (Å²) >= 11 is 6.33. The van der Waals surface area contributed by atoms with Gasteiger partial charge in [0.1, 0.15) is 0 Å². The predicted molar refractivity (Wildman–Crippen MR) is 71.7 cm³/mol. The molecule has 0 radical (unpaired) electrons. The molecule has 2 unspecified atom stereocenters. The van der Waals surface area contributed by atoms with Gasteiger partial charge in [0.2, 0.25) is 5.95 Å². The van der Waals surface area contributed by atoms with Crippen molar-refractivity contribution in [1.29, 1.82) is 0 Å². The third-order valence-corrected chi connectivity index (χ3v) is 4.11. The molecule has 2 aromatic rings. The van der Waals surface area contributed by atoms with Crippen molar-refractivity contribution < 1.29 is 0 Å². The number of imidazole rings is 1. The molecule has 1 fully saturated rings. The molecule has 0 aliphatic carbocycles. The molecule has 0 spiro atoms. The summed E-state index contributed by atoms with van der Waals surface area (Å²) in [6.07, 6.45) is 1.13. The van der Waals surface area contributed by atoms with Crippen molar-refractivity contribution in [3.63, 3.8) is 0 Å². The maximum Gasteiger partial charge on any atom is 0.203 e. The second-order valence-corrected chi connectivity index (χ2v) is 5.37. The number of alkyl halides is 1. The SMILES string of the molecule is CC1CCN(c2nc3ccccc3[nH]2)CC1Cl. The average Bonchev–Trinajstić information content (AvgIpc) is 2.76. The maximum absolute atomic E-state index is 6.33. The molecule has 0 amide bonds. The first-order valence-electron chi connectivity index (χ1n) is 6.08. The fourth-order valence-electron chi connectivity index (χ4n) is 2.30. The van der Waals surface area contributed by atoms with Gasteiger partial charge in [-0.05, 0) is 24.5 Å². The second kappa shape index (κ2) is 4.22. The Morgan fingerprint density at radius 1 is 1.41 bits per heavy atom. The number of aromatic nitrogens is 2. The van der Waals surface area contributed by atoms with Crippen LogP contribution in [0.4, 0.5) is 5.95 Å². The minimum Gasteiger partial charge on any atom is -0.341 e. The van der Waals surface area contributed by atoms with Gasteiger partial charge in [-0.3, -0.25) is 0 Å². The summed E-state index contributed by atoms with van der Waals surface area (Å²) in [6, 6.07) is 8.11. The summed E-state index contributed by atoms with van der Waals surface area (Å²) in [5.74, 6) is 1.54. The first kappa shape index (κ1) is 10.9. The Morgan fingerprint density at radius 3 is 3.00 bits per heavy atom. The molecule has 2 atom stereocenters. The molecule has 4 heteroatoms. The Hall–Kier alpha value is -1.22. The number of halogens is 1. The quantitative estimate of drug-likeness (QED) is 0.788. The van der Waals surface area contributed by atoms with E-state index in [4.69, 9.17) is 11.6 Å². The van der Waals surface area contributed by atoms with E-state index in [9.17, 15) is 0 Å². The molecule has 1 aromatic carbocycles. The number of piperidine rings is 1. The van der Waals surface area contributed by atoms with Crippen molar-refractivity contribution in [2.75, 3.05) is 18.0 Å². The van der Waals surface area contributed by atoms with E-state index in [0.29, 0.717) is 5.92 Å². The molecule has 3 rings (SSSR count). The summed E-state index contributed by atoms with van der Waals surface area (Å²) in [5.41, 5.74) is 2.11. The van der Waals surface area contributed by atoms with Crippen LogP contribution in [0.5, 0.6) is 0 Å². The summed E-state index contributed by atoms with van der Waals surface area (Å²) in [5, 5.41) is 0.219. The molecule has 17 heavy (non-hydrogen) atoms. The molecule has 0 saturated carbocycles. The fraction of sp³-hybridized carbons (Fsp3) is 0.462. The van der Waals surface area contributed by atoms with Gasteiger partial charge in [-0.25, -0.2) is 4.98 Å². The molecule has 1 aliphatic rings. The lowest BCUT2D eigenvalue weighted by Gasteiger charge is -2.33. The first-order valence-corrected chi connectivity index (χ1v) is 6.51. The predicted octanol–water partition coefficient (Wildman–Crippen LogP) is 3.02. The van der Waals surface area contributed by atoms with E-state index < -0.39 is 0 Å². The number of anilines is 1. The van der Waals surface area contributed by atoms with E-state index in [1.165, 1.54) is 0 Å². The standard InChI is InChI=1S/C13H16ClN3/c1-9-6-7-17(8-10(9)14)13-15-11-4-2-3-5-12(11)16-13/h2-5,9-10H,6-8H2,1H3,(H,15,16). The highest BCUT2D eigenvalue weighted by Crippen LogP contribution is 2.26. The van der Waals surface area contributed by atoms with E-state index >= 15 is 0 Å². The van der Waals surface area contributed by atoms with Crippen LogP contribution < -0.4 is 4.90 Å². The van der Waals surface area contributed by atoms with Crippen molar-refractivity contribution in [1.82, 2.24) is 9.97 Å². The molecule has 1 N–H and O–H groups in total. The van der Waals surface area contributed by atoms with Crippen LogP contribution in [0.2, 0.25) is 0 Å². The molecular weight excluding hydrogens is 234 g/mol. The van der Waals surface area contributed by atoms with Gasteiger partial charge in [-0.1, -0.05) is 19.1 Å². The lowest BCUT2D eigenvalue weighted by atomic mass is 9.99. The zero-order chi connectivity index (χ0) is 11.8. The van der Waals surface area contributed by atoms with E-state index in [1.807, 2.05) is 18.2 Å². The van der Waals surface area contributed by atoms with Crippen LogP contribution in [0.3, 0.4) is 0 Å². The molecule has 0 bridgehead atoms. The van der Waals surface area contributed by atoms with Gasteiger partial charge < -0.3 is 9.88 Å². The summed E-state index contributed by atoms with van der Waals surface area (Å²) in [7, 11) is 0. The van der Waals surface area contributed by atoms with Crippen molar-refractivity contribution in [3.8, 4) is 0 Å². The molecule has 90 valence electrons. The zero-order valence-corrected chi connectivity index (χ0v) is 10.6. The molecule has 1 aromatic heterocycles. The van der Waals surface area contributed by atoms with Crippen LogP contribution in [0.15, 0.2) is 24.3 Å². The number of fused-ring (bicyclic) bond motifs is 1. The number of hydrogen-bond donors (Lipinski definition) is 1. The number of benzene rings is 1. The number of para-hydroxylation sites is 2. The Balaban J connectivity index is 1.88. The molecule has 3 nitrogen and oxygen atoms in total. The fourth-order valence-corrected chi connectivity index (χ4v) is 2.60. The Kier molecular flexibility index (Phi) is 2.71. The second-order valence-electron chi connectivity index (χ2n) is 4.81. The molecule has 2 heterocycles. The highest BCUT2D eigenvalue weighted by Gasteiger charge is 2.25. The van der Waals surface area contributed by atoms with E-state index in [1.54, 1.807) is 0 Å². The third kappa shape index (κ3) is 2.00. The van der Waals surface area contributed by atoms with Gasteiger partial charge in [0.25, 0.3) is 0 Å². The highest BCUT2D eigenvalue weighted by molar-refractivity contribution is 6.21. The molecular formula is C13H16ClN3. The minimum absolute atomic E-state index is 0.219. The van der Waals surface area contributed by atoms with Gasteiger partial charge in [0.05, 0.1) is 16.4 Å². The number of hydrogen-bond acceptors (Lipinski definition) is 2. The normalized spacial score (nSPS) is 25.4. The van der Waals surface area contributed by atoms with E-state index in [2.05, 4.69) is 27.9 Å². The van der Waals surface area contributed by atoms with Crippen LogP contribution in [0.25, 0.3) is 11.0 Å². The number of H-pyrrole nitrogens is 1. The average molecular weight is 250 g/mol. The van der Waals surface area contributed by atoms with Crippen LogP contribution >= 0.6 is 11.6 Å². The number of aromatic amines is 1. The van der Waals surface area contributed by atoms with E-state index in [-0.39, 0.29) is 5.38 Å². The van der Waals surface area contributed by atoms with Gasteiger partial charge in [-0.15, -0.1) is 11.6 Å². The number of nitrogens with zero attached hydrogens (tertiary/aromatic N) is 2. The zero-order valence-electron chi connectivity index (χ0n) is 9.86. The topological polar surface area (TPSA) is 31.9 Å². The first-order chi connectivity index (χ1) is 8.24. The van der Waals surface area contributed by atoms with Gasteiger partial charge in [0.15, 0.2) is 0 Å². The minimum atomic E-state index is 0.219. The van der Waals surface area contributed by atoms with Crippen LogP contribution in [-0.4, -0.2) is 28.4 Å². The van der Waals surface area contributed by atoms with E-state index in [0.717, 1.165) is 36.5 Å². The van der Waals surface area contributed by atoms with Gasteiger partial charge in [-0.2, -0.15) is 0 Å². The molecule has 1 saturated heterocycles. The van der Waals surface area contributed by atoms with Crippen molar-refractivity contribution in [2.45, 2.75) is 18.7 Å².